The summed E-state index contributed by atoms with van der Waals surface area (Å²) in [7, 11) is -2.88. The van der Waals surface area contributed by atoms with Crippen molar-refractivity contribution in [3.8, 4) is 6.07 Å². The van der Waals surface area contributed by atoms with Gasteiger partial charge in [0.05, 0.1) is 24.1 Å². The number of nitrogens with zero attached hydrogens (tertiary/aromatic N) is 3. The molecule has 9 heteroatoms. The van der Waals surface area contributed by atoms with Crippen molar-refractivity contribution in [3.63, 3.8) is 0 Å². The van der Waals surface area contributed by atoms with Gasteiger partial charge < -0.3 is 15.5 Å². The molecule has 1 atom stereocenters. The molecule has 1 unspecified atom stereocenters. The second-order valence-electron chi connectivity index (χ2n) is 10.2. The van der Waals surface area contributed by atoms with E-state index in [0.29, 0.717) is 19.6 Å². The summed E-state index contributed by atoms with van der Waals surface area (Å²) in [6.07, 6.45) is 6.11. The average molecular weight is 484 g/mol. The molecule has 182 valence electrons. The number of nitrogens with one attached hydrogen (secondary N) is 2. The fourth-order valence-corrected chi connectivity index (χ4v) is 5.82. The zero-order valence-electron chi connectivity index (χ0n) is 19.9. The molecule has 2 heterocycles. The van der Waals surface area contributed by atoms with Crippen molar-refractivity contribution in [1.82, 2.24) is 10.2 Å². The number of carbonyl (C=O) groups excluding carboxylic acids is 1. The van der Waals surface area contributed by atoms with Gasteiger partial charge in [-0.25, -0.2) is 13.4 Å². The predicted molar refractivity (Wildman–Crippen MR) is 134 cm³/mol. The van der Waals surface area contributed by atoms with Gasteiger partial charge in [-0.2, -0.15) is 5.26 Å². The smallest absolute Gasteiger partial charge is 0.290 e. The maximum Gasteiger partial charge on any atom is 0.290 e. The number of amides is 1. The van der Waals surface area contributed by atoms with E-state index >= 15 is 0 Å². The van der Waals surface area contributed by atoms with Crippen molar-refractivity contribution in [3.05, 3.63) is 35.4 Å². The summed E-state index contributed by atoms with van der Waals surface area (Å²) in [4.78, 5) is 19.1. The molecule has 34 heavy (non-hydrogen) atoms. The van der Waals surface area contributed by atoms with Crippen molar-refractivity contribution in [1.29, 1.82) is 5.26 Å². The Kier molecular flexibility index (Phi) is 7.10. The number of hydrogen-bond acceptors (Lipinski definition) is 7. The Hall–Kier alpha value is -2.70. The van der Waals surface area contributed by atoms with Crippen molar-refractivity contribution < 1.29 is 13.2 Å². The highest BCUT2D eigenvalue weighted by atomic mass is 32.2. The second-order valence-corrected chi connectivity index (χ2v) is 12.5. The van der Waals surface area contributed by atoms with Crippen molar-refractivity contribution in [2.45, 2.75) is 45.6 Å². The van der Waals surface area contributed by atoms with Crippen LogP contribution in [0.2, 0.25) is 0 Å². The fraction of sp³-hybridized carbons (Fsp3) is 0.560. The fourth-order valence-electron chi connectivity index (χ4n) is 4.54. The minimum atomic E-state index is -2.88. The number of benzene rings is 1. The lowest BCUT2D eigenvalue weighted by molar-refractivity contribution is -0.110. The van der Waals surface area contributed by atoms with E-state index in [4.69, 9.17) is 5.26 Å². The van der Waals surface area contributed by atoms with E-state index < -0.39 is 15.9 Å². The molecule has 1 fully saturated rings. The predicted octanol–water partition coefficient (Wildman–Crippen LogP) is 2.39. The minimum Gasteiger partial charge on any atom is -0.362 e. The highest BCUT2D eigenvalue weighted by Gasteiger charge is 2.26. The van der Waals surface area contributed by atoms with Gasteiger partial charge in [-0.1, -0.05) is 26.0 Å². The molecule has 1 aromatic carbocycles. The average Bonchev–Trinajstić information content (AvgIpc) is 3.29. The molecule has 2 aliphatic heterocycles. The lowest BCUT2D eigenvalue weighted by Crippen LogP contribution is -2.41. The Morgan fingerprint density at radius 1 is 1.32 bits per heavy atom. The third kappa shape index (κ3) is 6.05. The molecule has 3 aliphatic rings. The maximum atomic E-state index is 12.8. The molecule has 1 saturated heterocycles. The van der Waals surface area contributed by atoms with Gasteiger partial charge >= 0.3 is 0 Å². The molecular weight excluding hydrogens is 450 g/mol. The summed E-state index contributed by atoms with van der Waals surface area (Å²) in [5.74, 6) is 0.325. The monoisotopic (exact) mass is 483 g/mol. The number of carbonyl (C=O) groups is 1. The van der Waals surface area contributed by atoms with E-state index in [-0.39, 0.29) is 28.7 Å². The van der Waals surface area contributed by atoms with Crippen LogP contribution in [0.5, 0.6) is 0 Å². The Labute approximate surface area is 202 Å². The number of hydrogen-bond donors (Lipinski definition) is 2. The molecule has 8 nitrogen and oxygen atoms in total. The summed E-state index contributed by atoms with van der Waals surface area (Å²) in [6, 6.07) is 7.65. The number of allylic oxidation sites excluding steroid dienone is 2. The number of amidine groups is 1. The van der Waals surface area contributed by atoms with E-state index in [0.717, 1.165) is 49.0 Å². The van der Waals surface area contributed by atoms with Crippen molar-refractivity contribution >= 4 is 32.8 Å². The van der Waals surface area contributed by atoms with Gasteiger partial charge in [0.15, 0.2) is 21.7 Å². The van der Waals surface area contributed by atoms with Crippen LogP contribution >= 0.6 is 0 Å². The first-order valence-electron chi connectivity index (χ1n) is 11.9. The van der Waals surface area contributed by atoms with Gasteiger partial charge in [-0.3, -0.25) is 4.79 Å². The summed E-state index contributed by atoms with van der Waals surface area (Å²) in [5.41, 5.74) is 4.44. The van der Waals surface area contributed by atoms with Crippen LogP contribution in [0.15, 0.2) is 29.3 Å². The zero-order chi connectivity index (χ0) is 24.3. The van der Waals surface area contributed by atoms with Crippen LogP contribution in [0, 0.1) is 16.7 Å². The zero-order valence-corrected chi connectivity index (χ0v) is 20.7. The summed E-state index contributed by atoms with van der Waals surface area (Å²) in [5, 5.41) is 15.0. The number of rotatable bonds is 6. The largest absolute Gasteiger partial charge is 0.362 e. The van der Waals surface area contributed by atoms with Crippen LogP contribution in [-0.2, 0) is 21.1 Å². The summed E-state index contributed by atoms with van der Waals surface area (Å²) < 4.78 is 23.4. The Morgan fingerprint density at radius 3 is 2.74 bits per heavy atom. The quantitative estimate of drug-likeness (QED) is 0.642. The number of nitriles is 1. The molecule has 0 bridgehead atoms. The van der Waals surface area contributed by atoms with Gasteiger partial charge in [0.1, 0.15) is 0 Å². The molecule has 0 spiro atoms. The highest BCUT2D eigenvalue weighted by molar-refractivity contribution is 7.91. The SMILES string of the molecule is CC1(C)CC=C(c2cc(CCN3CCS(=O)(=O)CC3)ccc2NC(=O)C2=NC(C#N)CN2)CC1. The Bertz CT molecular complexity index is 1150. The standard InChI is InChI=1S/C25H33N5O3S/c1-25(2)8-5-19(6-9-25)21-15-18(7-10-30-11-13-34(32,33)14-12-30)3-4-22(21)29-24(31)23-27-17-20(16-26)28-23/h3-5,15,20H,6-14,17H2,1-2H3,(H,27,28)(H,29,31). The Balaban J connectivity index is 1.52. The van der Waals surface area contributed by atoms with E-state index in [1.807, 2.05) is 12.1 Å². The molecule has 1 aromatic rings. The van der Waals surface area contributed by atoms with Crippen LogP contribution in [0.3, 0.4) is 0 Å². The lowest BCUT2D eigenvalue weighted by atomic mass is 9.76. The number of aliphatic imine (C=N–C) groups is 1. The molecule has 0 radical (unpaired) electrons. The first kappa shape index (κ1) is 24.4. The molecule has 2 N–H and O–H groups in total. The van der Waals surface area contributed by atoms with Crippen LogP contribution in [0.25, 0.3) is 5.57 Å². The van der Waals surface area contributed by atoms with Crippen LogP contribution in [-0.4, -0.2) is 68.8 Å². The van der Waals surface area contributed by atoms with E-state index in [2.05, 4.69) is 52.6 Å². The third-order valence-corrected chi connectivity index (χ3v) is 8.53. The van der Waals surface area contributed by atoms with Crippen molar-refractivity contribution in [2.75, 3.05) is 43.0 Å². The molecule has 0 aromatic heterocycles. The molecule has 1 aliphatic carbocycles. The van der Waals surface area contributed by atoms with Gasteiger partial charge in [-0.05, 0) is 54.4 Å². The molecule has 1 amide bonds. The first-order valence-corrected chi connectivity index (χ1v) is 13.7. The maximum absolute atomic E-state index is 12.8. The molecule has 4 rings (SSSR count). The van der Waals surface area contributed by atoms with Crippen LogP contribution in [0.1, 0.15) is 44.2 Å². The third-order valence-electron chi connectivity index (χ3n) is 6.92. The van der Waals surface area contributed by atoms with Crippen molar-refractivity contribution in [2.24, 2.45) is 10.4 Å². The topological polar surface area (TPSA) is 115 Å². The van der Waals surface area contributed by atoms with Crippen LogP contribution < -0.4 is 10.6 Å². The summed E-state index contributed by atoms with van der Waals surface area (Å²) >= 11 is 0. The van der Waals surface area contributed by atoms with E-state index in [9.17, 15) is 13.2 Å². The molecule has 0 saturated carbocycles. The highest BCUT2D eigenvalue weighted by Crippen LogP contribution is 2.40. The first-order chi connectivity index (χ1) is 16.1. The van der Waals surface area contributed by atoms with Gasteiger partial charge in [0, 0.05) is 30.9 Å². The Morgan fingerprint density at radius 2 is 2.09 bits per heavy atom. The second kappa shape index (κ2) is 9.88. The minimum absolute atomic E-state index is 0.195. The normalized spacial score (nSPS) is 23.9. The van der Waals surface area contributed by atoms with Gasteiger partial charge in [-0.15, -0.1) is 0 Å². The summed E-state index contributed by atoms with van der Waals surface area (Å²) in [6.45, 7) is 6.87. The van der Waals surface area contributed by atoms with E-state index in [1.165, 1.54) is 5.57 Å². The van der Waals surface area contributed by atoms with Gasteiger partial charge in [0.2, 0.25) is 0 Å². The van der Waals surface area contributed by atoms with Gasteiger partial charge in [0.25, 0.3) is 5.91 Å². The lowest BCUT2D eigenvalue weighted by Gasteiger charge is -2.30. The number of anilines is 1. The molecular formula is C25H33N5O3S. The van der Waals surface area contributed by atoms with E-state index in [1.54, 1.807) is 0 Å². The van der Waals surface area contributed by atoms with Crippen LogP contribution in [0.4, 0.5) is 5.69 Å². The number of sulfone groups is 1.